The van der Waals surface area contributed by atoms with Crippen LogP contribution in [-0.2, 0) is 4.79 Å². The number of nitrogens with zero attached hydrogens (tertiary/aromatic N) is 1. The lowest BCUT2D eigenvalue weighted by Gasteiger charge is -2.21. The van der Waals surface area contributed by atoms with Crippen molar-refractivity contribution in [3.63, 3.8) is 0 Å². The first-order valence-electron chi connectivity index (χ1n) is 3.67. The van der Waals surface area contributed by atoms with Crippen LogP contribution in [-0.4, -0.2) is 23.9 Å². The Hall–Kier alpha value is -0.530. The fraction of sp³-hybridized carbons (Fsp3) is 0.857. The van der Waals surface area contributed by atoms with Gasteiger partial charge in [-0.1, -0.05) is 0 Å². The molecule has 2 rings (SSSR count). The summed E-state index contributed by atoms with van der Waals surface area (Å²) in [5.41, 5.74) is 0. The molecule has 2 saturated heterocycles. The smallest absolute Gasteiger partial charge is 0.225 e. The lowest BCUT2D eigenvalue weighted by molar-refractivity contribution is -0.133. The van der Waals surface area contributed by atoms with E-state index in [0.29, 0.717) is 11.8 Å². The van der Waals surface area contributed by atoms with Crippen molar-refractivity contribution >= 4 is 5.91 Å². The fourth-order valence-corrected chi connectivity index (χ4v) is 1.82. The third kappa shape index (κ3) is 0.655. The molecule has 9 heavy (non-hydrogen) atoms. The van der Waals surface area contributed by atoms with Crippen LogP contribution in [0.25, 0.3) is 0 Å². The van der Waals surface area contributed by atoms with Gasteiger partial charge < -0.3 is 4.90 Å². The normalized spacial score (nSPS) is 33.6. The molecule has 2 aliphatic rings. The zero-order valence-corrected chi connectivity index (χ0v) is 5.47. The number of piperidine rings is 1. The summed E-state index contributed by atoms with van der Waals surface area (Å²) >= 11 is 0. The van der Waals surface area contributed by atoms with E-state index in [9.17, 15) is 4.79 Å². The summed E-state index contributed by atoms with van der Waals surface area (Å²) in [4.78, 5) is 13.1. The average Bonchev–Trinajstić information content (AvgIpc) is 2.19. The van der Waals surface area contributed by atoms with Gasteiger partial charge in [0.15, 0.2) is 0 Å². The molecule has 2 bridgehead atoms. The Kier molecular flexibility index (Phi) is 1.01. The van der Waals surface area contributed by atoms with Crippen LogP contribution in [0.4, 0.5) is 0 Å². The van der Waals surface area contributed by atoms with Gasteiger partial charge in [0, 0.05) is 19.0 Å². The standard InChI is InChI=1S/C7H11NO/c9-7-6-2-1-4-8(7)5-3-6/h6H,1-5H2. The number of rotatable bonds is 0. The maximum Gasteiger partial charge on any atom is 0.225 e. The van der Waals surface area contributed by atoms with Gasteiger partial charge in [-0.2, -0.15) is 0 Å². The summed E-state index contributed by atoms with van der Waals surface area (Å²) in [6.45, 7) is 2.05. The minimum Gasteiger partial charge on any atom is -0.342 e. The Morgan fingerprint density at radius 3 is 2.89 bits per heavy atom. The predicted octanol–water partition coefficient (Wildman–Crippen LogP) is 0.629. The molecule has 1 unspecified atom stereocenters. The topological polar surface area (TPSA) is 20.3 Å². The van der Waals surface area contributed by atoms with Gasteiger partial charge >= 0.3 is 0 Å². The molecular weight excluding hydrogens is 114 g/mol. The van der Waals surface area contributed by atoms with Crippen molar-refractivity contribution in [3.8, 4) is 0 Å². The van der Waals surface area contributed by atoms with E-state index in [0.717, 1.165) is 25.9 Å². The summed E-state index contributed by atoms with van der Waals surface area (Å²) in [6.07, 6.45) is 3.50. The first kappa shape index (κ1) is 5.27. The van der Waals surface area contributed by atoms with Crippen molar-refractivity contribution in [2.75, 3.05) is 13.1 Å². The lowest BCUT2D eigenvalue weighted by atomic mass is 10.0. The molecule has 0 spiro atoms. The molecule has 1 amide bonds. The molecule has 2 heterocycles. The van der Waals surface area contributed by atoms with Crippen LogP contribution in [0.3, 0.4) is 0 Å². The van der Waals surface area contributed by atoms with E-state index < -0.39 is 0 Å². The highest BCUT2D eigenvalue weighted by Gasteiger charge is 2.34. The Morgan fingerprint density at radius 1 is 1.33 bits per heavy atom. The van der Waals surface area contributed by atoms with Gasteiger partial charge in [0.2, 0.25) is 5.91 Å². The molecule has 0 saturated carbocycles. The van der Waals surface area contributed by atoms with E-state index in [1.54, 1.807) is 0 Å². The molecule has 2 heteroatoms. The fourth-order valence-electron chi connectivity index (χ4n) is 1.82. The monoisotopic (exact) mass is 125 g/mol. The minimum atomic E-state index is 0.416. The summed E-state index contributed by atoms with van der Waals surface area (Å²) in [5.74, 6) is 0.833. The Bertz CT molecular complexity index is 126. The van der Waals surface area contributed by atoms with Crippen molar-refractivity contribution in [2.24, 2.45) is 5.92 Å². The zero-order valence-electron chi connectivity index (χ0n) is 5.47. The van der Waals surface area contributed by atoms with E-state index >= 15 is 0 Å². The Morgan fingerprint density at radius 2 is 2.22 bits per heavy atom. The van der Waals surface area contributed by atoms with E-state index in [1.807, 2.05) is 4.90 Å². The van der Waals surface area contributed by atoms with E-state index in [2.05, 4.69) is 0 Å². The summed E-state index contributed by atoms with van der Waals surface area (Å²) < 4.78 is 0. The first-order chi connectivity index (χ1) is 4.38. The summed E-state index contributed by atoms with van der Waals surface area (Å²) in [6, 6.07) is 0. The van der Waals surface area contributed by atoms with Gasteiger partial charge in [-0.15, -0.1) is 0 Å². The highest BCUT2D eigenvalue weighted by molar-refractivity contribution is 5.81. The second-order valence-corrected chi connectivity index (χ2v) is 2.95. The molecule has 0 aromatic carbocycles. The van der Waals surface area contributed by atoms with Crippen molar-refractivity contribution in [3.05, 3.63) is 0 Å². The van der Waals surface area contributed by atoms with Crippen molar-refractivity contribution in [1.29, 1.82) is 0 Å². The average molecular weight is 125 g/mol. The van der Waals surface area contributed by atoms with Crippen molar-refractivity contribution < 1.29 is 4.79 Å². The zero-order chi connectivity index (χ0) is 6.27. The molecule has 0 aromatic heterocycles. The Labute approximate surface area is 54.8 Å². The van der Waals surface area contributed by atoms with Crippen LogP contribution in [0.1, 0.15) is 19.3 Å². The van der Waals surface area contributed by atoms with Gasteiger partial charge in [0.1, 0.15) is 0 Å². The molecule has 0 aromatic rings. The largest absolute Gasteiger partial charge is 0.342 e. The van der Waals surface area contributed by atoms with E-state index in [-0.39, 0.29) is 0 Å². The molecule has 50 valence electrons. The lowest BCUT2D eigenvalue weighted by Crippen LogP contribution is -2.32. The number of carbonyl (C=O) groups is 1. The number of carbonyl (C=O) groups excluding carboxylic acids is 1. The van der Waals surface area contributed by atoms with Gasteiger partial charge in [-0.3, -0.25) is 4.79 Å². The van der Waals surface area contributed by atoms with Crippen LogP contribution in [0.15, 0.2) is 0 Å². The van der Waals surface area contributed by atoms with E-state index in [1.165, 1.54) is 6.42 Å². The molecule has 0 N–H and O–H groups in total. The van der Waals surface area contributed by atoms with Gasteiger partial charge in [0.05, 0.1) is 0 Å². The van der Waals surface area contributed by atoms with Crippen LogP contribution in [0.5, 0.6) is 0 Å². The highest BCUT2D eigenvalue weighted by atomic mass is 16.2. The molecule has 1 atom stereocenters. The first-order valence-corrected chi connectivity index (χ1v) is 3.67. The number of hydrogen-bond donors (Lipinski definition) is 0. The molecule has 2 aliphatic heterocycles. The van der Waals surface area contributed by atoms with Crippen LogP contribution < -0.4 is 0 Å². The molecule has 0 radical (unpaired) electrons. The molecule has 0 aliphatic carbocycles. The van der Waals surface area contributed by atoms with Crippen LogP contribution >= 0.6 is 0 Å². The maximum absolute atomic E-state index is 11.1. The second kappa shape index (κ2) is 1.72. The number of amides is 1. The van der Waals surface area contributed by atoms with Gasteiger partial charge in [-0.25, -0.2) is 0 Å². The third-order valence-corrected chi connectivity index (χ3v) is 2.39. The third-order valence-electron chi connectivity index (χ3n) is 2.39. The number of fused-ring (bicyclic) bond motifs is 2. The second-order valence-electron chi connectivity index (χ2n) is 2.95. The molecule has 2 nitrogen and oxygen atoms in total. The van der Waals surface area contributed by atoms with Crippen molar-refractivity contribution in [1.82, 2.24) is 4.90 Å². The molecule has 2 fully saturated rings. The highest BCUT2D eigenvalue weighted by Crippen LogP contribution is 2.27. The van der Waals surface area contributed by atoms with Crippen LogP contribution in [0.2, 0.25) is 0 Å². The van der Waals surface area contributed by atoms with Crippen LogP contribution in [0, 0.1) is 5.92 Å². The quantitative estimate of drug-likeness (QED) is 0.465. The maximum atomic E-state index is 11.1. The predicted molar refractivity (Wildman–Crippen MR) is 33.9 cm³/mol. The van der Waals surface area contributed by atoms with Gasteiger partial charge in [-0.05, 0) is 19.3 Å². The number of hydrogen-bond acceptors (Lipinski definition) is 1. The van der Waals surface area contributed by atoms with E-state index in [4.69, 9.17) is 0 Å². The SMILES string of the molecule is O=C1C2CCCN1CC2. The summed E-state index contributed by atoms with van der Waals surface area (Å²) in [7, 11) is 0. The van der Waals surface area contributed by atoms with Gasteiger partial charge in [0.25, 0.3) is 0 Å². The van der Waals surface area contributed by atoms with Crippen molar-refractivity contribution in [2.45, 2.75) is 19.3 Å². The minimum absolute atomic E-state index is 0.416. The summed E-state index contributed by atoms with van der Waals surface area (Å²) in [5, 5.41) is 0. The molecular formula is C7H11NO. The Balaban J connectivity index is 2.19.